The molecule has 0 bridgehead atoms. The topological polar surface area (TPSA) is 87.6 Å². The van der Waals surface area contributed by atoms with Crippen LogP contribution in [0.3, 0.4) is 0 Å². The number of hydrogen-bond acceptors (Lipinski definition) is 6. The van der Waals surface area contributed by atoms with Crippen LogP contribution in [0.15, 0.2) is 54.9 Å². The lowest BCUT2D eigenvalue weighted by molar-refractivity contribution is 0.174. The van der Waals surface area contributed by atoms with Gasteiger partial charge in [-0.25, -0.2) is 9.97 Å². The highest BCUT2D eigenvalue weighted by Gasteiger charge is 2.21. The molecule has 0 aliphatic carbocycles. The number of benzene rings is 2. The van der Waals surface area contributed by atoms with E-state index in [1.807, 2.05) is 48.5 Å². The van der Waals surface area contributed by atoms with Gasteiger partial charge in [-0.2, -0.15) is 9.61 Å². The fourth-order valence-electron chi connectivity index (χ4n) is 3.03. The summed E-state index contributed by atoms with van der Waals surface area (Å²) in [7, 11) is 0. The Morgan fingerprint density at radius 2 is 1.80 bits per heavy atom. The number of nitrogens with two attached hydrogens (primary N) is 1. The second-order valence-electron chi connectivity index (χ2n) is 5.62. The van der Waals surface area contributed by atoms with Gasteiger partial charge in [0.05, 0.1) is 11.3 Å². The molecule has 1 aliphatic heterocycles. The predicted octanol–water partition coefficient (Wildman–Crippen LogP) is 2.77. The van der Waals surface area contributed by atoms with Crippen molar-refractivity contribution < 1.29 is 9.47 Å². The number of hydrogen-bond donors (Lipinski definition) is 1. The van der Waals surface area contributed by atoms with E-state index in [1.165, 1.54) is 10.8 Å². The fraction of sp³-hybridized carbons (Fsp3) is 0.0556. The zero-order valence-corrected chi connectivity index (χ0v) is 13.1. The van der Waals surface area contributed by atoms with E-state index >= 15 is 0 Å². The zero-order valence-electron chi connectivity index (χ0n) is 13.1. The Hall–Kier alpha value is -3.61. The molecule has 4 aromatic rings. The summed E-state index contributed by atoms with van der Waals surface area (Å²) in [5.41, 5.74) is 10.2. The lowest BCUT2D eigenvalue weighted by Crippen LogP contribution is -2.05. The molecular formula is C18H13N5O2. The Morgan fingerprint density at radius 3 is 2.68 bits per heavy atom. The molecule has 1 aliphatic rings. The van der Waals surface area contributed by atoms with Crippen molar-refractivity contribution in [2.45, 2.75) is 0 Å². The lowest BCUT2D eigenvalue weighted by Gasteiger charge is -2.12. The summed E-state index contributed by atoms with van der Waals surface area (Å²) in [5.74, 6) is 1.72. The van der Waals surface area contributed by atoms with Crippen LogP contribution in [0.25, 0.3) is 28.0 Å². The van der Waals surface area contributed by atoms with Crippen molar-refractivity contribution in [3.8, 4) is 33.9 Å². The summed E-state index contributed by atoms with van der Waals surface area (Å²) in [4.78, 5) is 8.98. The molecule has 0 saturated heterocycles. The standard InChI is InChI=1S/C18H13N5O2/c19-18-22-16(11-4-2-1-3-5-11)15(17-20-9-21-23(17)18)12-6-7-13-14(8-12)25-10-24-13/h1-9H,10H2,(H2,19,22). The Labute approximate surface area is 142 Å². The van der Waals surface area contributed by atoms with Crippen LogP contribution >= 0.6 is 0 Å². The molecule has 0 fully saturated rings. The molecular weight excluding hydrogens is 318 g/mol. The molecule has 3 heterocycles. The first-order valence-corrected chi connectivity index (χ1v) is 7.76. The van der Waals surface area contributed by atoms with Crippen LogP contribution in [0.2, 0.25) is 0 Å². The van der Waals surface area contributed by atoms with Gasteiger partial charge in [0, 0.05) is 5.56 Å². The minimum absolute atomic E-state index is 0.227. The lowest BCUT2D eigenvalue weighted by atomic mass is 9.99. The first kappa shape index (κ1) is 13.8. The van der Waals surface area contributed by atoms with Gasteiger partial charge in [-0.15, -0.1) is 0 Å². The maximum absolute atomic E-state index is 6.08. The van der Waals surface area contributed by atoms with E-state index in [2.05, 4.69) is 15.1 Å². The molecule has 7 heteroatoms. The molecule has 0 spiro atoms. The van der Waals surface area contributed by atoms with E-state index in [-0.39, 0.29) is 12.7 Å². The van der Waals surface area contributed by atoms with E-state index < -0.39 is 0 Å². The van der Waals surface area contributed by atoms with Gasteiger partial charge < -0.3 is 15.2 Å². The highest BCUT2D eigenvalue weighted by atomic mass is 16.7. The highest BCUT2D eigenvalue weighted by molar-refractivity contribution is 5.91. The first-order chi connectivity index (χ1) is 12.3. The monoisotopic (exact) mass is 331 g/mol. The highest BCUT2D eigenvalue weighted by Crippen LogP contribution is 2.40. The molecule has 5 rings (SSSR count). The molecule has 122 valence electrons. The summed E-state index contributed by atoms with van der Waals surface area (Å²) in [6.45, 7) is 0.227. The Balaban J connectivity index is 1.84. The minimum Gasteiger partial charge on any atom is -0.454 e. The average Bonchev–Trinajstić information content (AvgIpc) is 3.31. The van der Waals surface area contributed by atoms with E-state index in [4.69, 9.17) is 15.2 Å². The minimum atomic E-state index is 0.227. The summed E-state index contributed by atoms with van der Waals surface area (Å²) < 4.78 is 12.5. The summed E-state index contributed by atoms with van der Waals surface area (Å²) in [5, 5.41) is 4.17. The van der Waals surface area contributed by atoms with Crippen molar-refractivity contribution in [3.63, 3.8) is 0 Å². The van der Waals surface area contributed by atoms with Crippen LogP contribution in [-0.2, 0) is 0 Å². The molecule has 0 amide bonds. The second kappa shape index (κ2) is 5.20. The largest absolute Gasteiger partial charge is 0.454 e. The van der Waals surface area contributed by atoms with Crippen molar-refractivity contribution in [1.82, 2.24) is 19.6 Å². The van der Waals surface area contributed by atoms with Gasteiger partial charge >= 0.3 is 0 Å². The molecule has 0 unspecified atom stereocenters. The molecule has 25 heavy (non-hydrogen) atoms. The molecule has 0 saturated carbocycles. The van der Waals surface area contributed by atoms with Crippen LogP contribution in [0.5, 0.6) is 11.5 Å². The van der Waals surface area contributed by atoms with Gasteiger partial charge in [-0.3, -0.25) is 0 Å². The molecule has 0 radical (unpaired) electrons. The summed E-state index contributed by atoms with van der Waals surface area (Å²) >= 11 is 0. The van der Waals surface area contributed by atoms with Crippen molar-refractivity contribution in [2.24, 2.45) is 0 Å². The molecule has 2 aromatic carbocycles. The van der Waals surface area contributed by atoms with Gasteiger partial charge in [0.2, 0.25) is 12.7 Å². The third kappa shape index (κ3) is 2.09. The molecule has 0 atom stereocenters. The molecule has 2 N–H and O–H groups in total. The number of nitrogen functional groups attached to an aromatic ring is 1. The van der Waals surface area contributed by atoms with Gasteiger partial charge in [-0.1, -0.05) is 36.4 Å². The van der Waals surface area contributed by atoms with Gasteiger partial charge in [-0.05, 0) is 17.7 Å². The number of fused-ring (bicyclic) bond motifs is 2. The predicted molar refractivity (Wildman–Crippen MR) is 92.2 cm³/mol. The van der Waals surface area contributed by atoms with Crippen LogP contribution in [0, 0.1) is 0 Å². The SMILES string of the molecule is Nc1nc(-c2ccccc2)c(-c2ccc3c(c2)OCO3)c2ncnn12. The Kier molecular flexibility index (Phi) is 2.87. The zero-order chi connectivity index (χ0) is 16.8. The van der Waals surface area contributed by atoms with Crippen LogP contribution in [0.4, 0.5) is 5.95 Å². The van der Waals surface area contributed by atoms with Crippen LogP contribution in [0.1, 0.15) is 0 Å². The van der Waals surface area contributed by atoms with E-state index in [0.29, 0.717) is 11.4 Å². The van der Waals surface area contributed by atoms with Crippen molar-refractivity contribution in [2.75, 3.05) is 12.5 Å². The normalized spacial score (nSPS) is 12.6. The number of ether oxygens (including phenoxy) is 2. The van der Waals surface area contributed by atoms with E-state index in [1.54, 1.807) is 0 Å². The summed E-state index contributed by atoms with van der Waals surface area (Å²) in [6, 6.07) is 15.6. The average molecular weight is 331 g/mol. The second-order valence-corrected chi connectivity index (χ2v) is 5.62. The van der Waals surface area contributed by atoms with Crippen LogP contribution < -0.4 is 15.2 Å². The maximum Gasteiger partial charge on any atom is 0.231 e. The Morgan fingerprint density at radius 1 is 0.960 bits per heavy atom. The molecule has 2 aromatic heterocycles. The van der Waals surface area contributed by atoms with Gasteiger partial charge in [0.25, 0.3) is 0 Å². The Bertz CT molecular complexity index is 1090. The van der Waals surface area contributed by atoms with Gasteiger partial charge in [0.15, 0.2) is 17.1 Å². The third-order valence-electron chi connectivity index (χ3n) is 4.16. The summed E-state index contributed by atoms with van der Waals surface area (Å²) in [6.07, 6.45) is 1.47. The quantitative estimate of drug-likeness (QED) is 0.608. The number of aromatic nitrogens is 4. The fourth-order valence-corrected chi connectivity index (χ4v) is 3.03. The first-order valence-electron chi connectivity index (χ1n) is 7.76. The van der Waals surface area contributed by atoms with Crippen molar-refractivity contribution in [1.29, 1.82) is 0 Å². The third-order valence-corrected chi connectivity index (χ3v) is 4.16. The van der Waals surface area contributed by atoms with E-state index in [9.17, 15) is 0 Å². The van der Waals surface area contributed by atoms with Crippen molar-refractivity contribution in [3.05, 3.63) is 54.9 Å². The van der Waals surface area contributed by atoms with Crippen LogP contribution in [-0.4, -0.2) is 26.4 Å². The van der Waals surface area contributed by atoms with E-state index in [0.717, 1.165) is 28.1 Å². The smallest absolute Gasteiger partial charge is 0.231 e. The van der Waals surface area contributed by atoms with Crippen molar-refractivity contribution >= 4 is 11.6 Å². The van der Waals surface area contributed by atoms with Gasteiger partial charge in [0.1, 0.15) is 6.33 Å². The number of rotatable bonds is 2. The maximum atomic E-state index is 6.08. The number of anilines is 1. The molecule has 7 nitrogen and oxygen atoms in total. The number of nitrogens with zero attached hydrogens (tertiary/aromatic N) is 4.